The van der Waals surface area contributed by atoms with Gasteiger partial charge in [-0.2, -0.15) is 4.57 Å². The summed E-state index contributed by atoms with van der Waals surface area (Å²) in [6, 6.07) is 65.5. The summed E-state index contributed by atoms with van der Waals surface area (Å²) in [4.78, 5) is 7.84. The Bertz CT molecular complexity index is 3420. The van der Waals surface area contributed by atoms with E-state index in [2.05, 4.69) is 226 Å². The van der Waals surface area contributed by atoms with Crippen LogP contribution in [0.5, 0.6) is 0 Å². The summed E-state index contributed by atoms with van der Waals surface area (Å²) in [5, 5.41) is 2.51. The van der Waals surface area contributed by atoms with E-state index in [-0.39, 0.29) is 11.0 Å². The van der Waals surface area contributed by atoms with E-state index in [1.807, 2.05) is 11.3 Å². The normalized spacial score (nSPS) is 15.4. The van der Waals surface area contributed by atoms with Crippen LogP contribution in [-0.2, 0) is 11.0 Å². The molecule has 1 unspecified atom stereocenters. The van der Waals surface area contributed by atoms with E-state index in [1.54, 1.807) is 0 Å². The summed E-state index contributed by atoms with van der Waals surface area (Å²) in [5.41, 5.74) is 19.7. The first-order valence-electron chi connectivity index (χ1n) is 23.4. The fourth-order valence-corrected chi connectivity index (χ4v) is 12.9. The maximum atomic E-state index is 5.28. The van der Waals surface area contributed by atoms with Crippen molar-refractivity contribution in [2.75, 3.05) is 0 Å². The molecule has 0 spiro atoms. The maximum absolute atomic E-state index is 5.28. The van der Waals surface area contributed by atoms with E-state index >= 15 is 0 Å². The molecule has 10 aromatic rings. The lowest BCUT2D eigenvalue weighted by Gasteiger charge is -2.39. The van der Waals surface area contributed by atoms with Gasteiger partial charge in [-0.05, 0) is 106 Å². The Kier molecular flexibility index (Phi) is 9.23. The van der Waals surface area contributed by atoms with Crippen molar-refractivity contribution in [1.82, 2.24) is 9.55 Å². The van der Waals surface area contributed by atoms with Gasteiger partial charge in [-0.25, -0.2) is 4.98 Å². The molecule has 0 bridgehead atoms. The van der Waals surface area contributed by atoms with Crippen LogP contribution in [0.4, 0.5) is 0 Å². The van der Waals surface area contributed by atoms with Gasteiger partial charge in [-0.15, -0.1) is 11.3 Å². The third-order valence-electron chi connectivity index (χ3n) is 15.2. The number of pyridine rings is 2. The van der Waals surface area contributed by atoms with Crippen molar-refractivity contribution in [2.24, 2.45) is 0 Å². The highest BCUT2D eigenvalue weighted by Crippen LogP contribution is 2.52. The second kappa shape index (κ2) is 15.1. The van der Waals surface area contributed by atoms with Crippen molar-refractivity contribution in [1.29, 1.82) is 0 Å². The Morgan fingerprint density at radius 1 is 0.538 bits per heavy atom. The van der Waals surface area contributed by atoms with Crippen molar-refractivity contribution in [3.05, 3.63) is 199 Å². The Morgan fingerprint density at radius 3 is 1.86 bits per heavy atom. The lowest BCUT2D eigenvalue weighted by atomic mass is 9.69. The van der Waals surface area contributed by atoms with Crippen molar-refractivity contribution >= 4 is 33.1 Å². The van der Waals surface area contributed by atoms with Crippen molar-refractivity contribution in [2.45, 2.75) is 70.8 Å². The zero-order chi connectivity index (χ0) is 44.0. The van der Waals surface area contributed by atoms with Gasteiger partial charge in [0.2, 0.25) is 5.69 Å². The molecule has 1 aliphatic heterocycles. The van der Waals surface area contributed by atoms with Gasteiger partial charge < -0.3 is 4.57 Å². The van der Waals surface area contributed by atoms with Gasteiger partial charge in [0, 0.05) is 68.0 Å². The number of fused-ring (bicyclic) bond motifs is 9. The van der Waals surface area contributed by atoms with Crippen LogP contribution in [0, 0.1) is 0 Å². The van der Waals surface area contributed by atoms with E-state index < -0.39 is 0 Å². The quantitative estimate of drug-likeness (QED) is 0.140. The Morgan fingerprint density at radius 2 is 1.17 bits per heavy atom. The van der Waals surface area contributed by atoms with Crippen LogP contribution in [0.25, 0.3) is 93.3 Å². The zero-order valence-corrected chi connectivity index (χ0v) is 38.6. The molecule has 1 aliphatic carbocycles. The molecule has 0 saturated heterocycles. The molecule has 0 fully saturated rings. The number of aromatic nitrogens is 3. The predicted molar refractivity (Wildman–Crippen MR) is 273 cm³/mol. The van der Waals surface area contributed by atoms with Crippen LogP contribution in [0.2, 0.25) is 0 Å². The van der Waals surface area contributed by atoms with Crippen molar-refractivity contribution in [3.8, 4) is 71.5 Å². The van der Waals surface area contributed by atoms with E-state index in [0.29, 0.717) is 5.92 Å². The summed E-state index contributed by atoms with van der Waals surface area (Å²) in [6.07, 6.45) is 5.67. The SMILES string of the molecule is CCC1c2ccc(-c3ccc(-c4ccc5c(c4)c4cc6c(cc4n5-c4cc(-c5ccccc5)nc(-c5ccccc5)c4)C(C)(C)c4ccccc4-6)s3)cc2-c2cccc[n+]2C1(CC)CC. The topological polar surface area (TPSA) is 21.7 Å². The van der Waals surface area contributed by atoms with E-state index in [4.69, 9.17) is 4.98 Å². The first kappa shape index (κ1) is 39.7. The summed E-state index contributed by atoms with van der Waals surface area (Å²) in [7, 11) is 0. The standard InChI is InChI=1S/C61H52N3S/c1-6-50-45-28-26-41(33-47(45)55-25-17-18-32-63(55)61(50,7-2)8-3)58-30-31-59(65-58)42-27-29-56-48(34-42)49-37-46-44-23-15-16-24-51(44)60(4,5)52(46)38-57(49)64(56)43-35-53(39-19-11-9-12-20-39)62-54(36-43)40-21-13-10-14-22-40/h9-38,50H,6-8H2,1-5H3/q+1. The molecule has 4 heteroatoms. The number of nitrogens with zero attached hydrogens (tertiary/aromatic N) is 3. The number of hydrogen-bond donors (Lipinski definition) is 0. The van der Waals surface area contributed by atoms with E-state index in [0.717, 1.165) is 47.5 Å². The van der Waals surface area contributed by atoms with Crippen LogP contribution >= 0.6 is 11.3 Å². The van der Waals surface area contributed by atoms with E-state index in [9.17, 15) is 0 Å². The Hall–Kier alpha value is -6.88. The van der Waals surface area contributed by atoms with Gasteiger partial charge in [0.1, 0.15) is 0 Å². The van der Waals surface area contributed by atoms with Gasteiger partial charge in [-0.1, -0.05) is 138 Å². The van der Waals surface area contributed by atoms with Gasteiger partial charge >= 0.3 is 0 Å². The first-order valence-corrected chi connectivity index (χ1v) is 24.2. The molecular weight excluding hydrogens is 807 g/mol. The molecule has 5 heterocycles. The van der Waals surface area contributed by atoms with Crippen molar-refractivity contribution in [3.63, 3.8) is 0 Å². The molecular formula is C61H52N3S+. The predicted octanol–water partition coefficient (Wildman–Crippen LogP) is 16.2. The average molecular weight is 859 g/mol. The van der Waals surface area contributed by atoms with Gasteiger partial charge in [0.05, 0.1) is 33.7 Å². The number of hydrogen-bond acceptors (Lipinski definition) is 2. The highest BCUT2D eigenvalue weighted by atomic mass is 32.1. The summed E-state index contributed by atoms with van der Waals surface area (Å²) < 4.78 is 5.09. The highest BCUT2D eigenvalue weighted by Gasteiger charge is 2.50. The number of rotatable bonds is 8. The van der Waals surface area contributed by atoms with Gasteiger partial charge in [0.15, 0.2) is 11.7 Å². The molecule has 0 N–H and O–H groups in total. The smallest absolute Gasteiger partial charge is 0.213 e. The lowest BCUT2D eigenvalue weighted by Crippen LogP contribution is -2.62. The molecule has 0 radical (unpaired) electrons. The van der Waals surface area contributed by atoms with Crippen LogP contribution in [0.3, 0.4) is 0 Å². The average Bonchev–Trinajstić information content (AvgIpc) is 4.04. The third-order valence-corrected chi connectivity index (χ3v) is 16.4. The van der Waals surface area contributed by atoms with Gasteiger partial charge in [0.25, 0.3) is 0 Å². The zero-order valence-electron chi connectivity index (χ0n) is 37.8. The second-order valence-corrected chi connectivity index (χ2v) is 19.8. The number of benzene rings is 6. The largest absolute Gasteiger partial charge is 0.309 e. The van der Waals surface area contributed by atoms with Crippen LogP contribution in [-0.4, -0.2) is 9.55 Å². The monoisotopic (exact) mass is 858 g/mol. The minimum absolute atomic E-state index is 0.0865. The maximum Gasteiger partial charge on any atom is 0.213 e. The van der Waals surface area contributed by atoms with Crippen LogP contribution < -0.4 is 4.57 Å². The molecule has 12 rings (SSSR count). The minimum Gasteiger partial charge on any atom is -0.309 e. The lowest BCUT2D eigenvalue weighted by molar-refractivity contribution is -0.762. The van der Waals surface area contributed by atoms with Gasteiger partial charge in [-0.3, -0.25) is 0 Å². The summed E-state index contributed by atoms with van der Waals surface area (Å²) in [6.45, 7) is 11.9. The summed E-state index contributed by atoms with van der Waals surface area (Å²) >= 11 is 1.89. The first-order chi connectivity index (χ1) is 31.8. The van der Waals surface area contributed by atoms with Crippen LogP contribution in [0.15, 0.2) is 182 Å². The van der Waals surface area contributed by atoms with E-state index in [1.165, 1.54) is 81.8 Å². The second-order valence-electron chi connectivity index (χ2n) is 18.7. The third kappa shape index (κ3) is 6.00. The number of thiophene rings is 1. The Labute approximate surface area is 386 Å². The minimum atomic E-state index is -0.132. The Balaban J connectivity index is 1.03. The molecule has 2 aliphatic rings. The highest BCUT2D eigenvalue weighted by molar-refractivity contribution is 7.18. The molecule has 65 heavy (non-hydrogen) atoms. The molecule has 0 saturated carbocycles. The fourth-order valence-electron chi connectivity index (χ4n) is 11.9. The molecule has 6 aromatic carbocycles. The molecule has 3 nitrogen and oxygen atoms in total. The van der Waals surface area contributed by atoms with Crippen molar-refractivity contribution < 1.29 is 4.57 Å². The fraction of sp³-hybridized carbons (Fsp3) is 0.180. The molecule has 1 atom stereocenters. The molecule has 4 aromatic heterocycles. The van der Waals surface area contributed by atoms with Crippen LogP contribution in [0.1, 0.15) is 76.5 Å². The molecule has 0 amide bonds. The molecule has 316 valence electrons. The summed E-state index contributed by atoms with van der Waals surface area (Å²) in [5.74, 6) is 0.469.